The van der Waals surface area contributed by atoms with Crippen molar-refractivity contribution >= 4 is 56.1 Å². The highest BCUT2D eigenvalue weighted by Crippen LogP contribution is 2.36. The Bertz CT molecular complexity index is 1440. The van der Waals surface area contributed by atoms with E-state index in [0.717, 1.165) is 10.2 Å². The SMILES string of the molecule is CN(C)c1ccc(/C=C(\NC(=O)c2ccccc2)C(=O)N=Nc2c(O)[nH]c3ccc(Br)cc23)cc1. The number of amides is 2. The molecule has 4 aromatic rings. The number of rotatable bonds is 6. The summed E-state index contributed by atoms with van der Waals surface area (Å²) in [6, 6.07) is 21.3. The van der Waals surface area contributed by atoms with Crippen LogP contribution in [-0.2, 0) is 4.79 Å². The molecule has 2 amide bonds. The first-order valence-electron chi connectivity index (χ1n) is 10.6. The molecule has 0 saturated heterocycles. The average molecular weight is 532 g/mol. The highest BCUT2D eigenvalue weighted by atomic mass is 79.9. The van der Waals surface area contributed by atoms with Crippen LogP contribution in [0.25, 0.3) is 17.0 Å². The monoisotopic (exact) mass is 531 g/mol. The molecule has 0 aliphatic carbocycles. The Morgan fingerprint density at radius 3 is 2.43 bits per heavy atom. The quantitative estimate of drug-likeness (QED) is 0.216. The van der Waals surface area contributed by atoms with Crippen molar-refractivity contribution in [2.45, 2.75) is 0 Å². The maximum atomic E-state index is 13.0. The number of anilines is 1. The second-order valence-electron chi connectivity index (χ2n) is 7.88. The molecule has 0 aliphatic heterocycles. The Hall–Kier alpha value is -4.24. The molecule has 0 atom stereocenters. The fraction of sp³-hybridized carbons (Fsp3) is 0.0769. The summed E-state index contributed by atoms with van der Waals surface area (Å²) in [6.07, 6.45) is 1.54. The number of hydrogen-bond acceptors (Lipinski definition) is 5. The Balaban J connectivity index is 1.67. The van der Waals surface area contributed by atoms with E-state index >= 15 is 0 Å². The molecule has 0 saturated carbocycles. The van der Waals surface area contributed by atoms with Crippen molar-refractivity contribution in [1.29, 1.82) is 0 Å². The zero-order valence-electron chi connectivity index (χ0n) is 19.0. The summed E-state index contributed by atoms with van der Waals surface area (Å²) in [4.78, 5) is 30.6. The van der Waals surface area contributed by atoms with Gasteiger partial charge < -0.3 is 20.3 Å². The van der Waals surface area contributed by atoms with Crippen LogP contribution in [0.3, 0.4) is 0 Å². The molecule has 0 bridgehead atoms. The lowest BCUT2D eigenvalue weighted by Gasteiger charge is -2.12. The van der Waals surface area contributed by atoms with Gasteiger partial charge in [-0.25, -0.2) is 0 Å². The summed E-state index contributed by atoms with van der Waals surface area (Å²) in [5.74, 6) is -1.44. The van der Waals surface area contributed by atoms with E-state index in [-0.39, 0.29) is 17.3 Å². The number of aromatic amines is 1. The third kappa shape index (κ3) is 5.64. The maximum Gasteiger partial charge on any atom is 0.311 e. The molecule has 4 rings (SSSR count). The van der Waals surface area contributed by atoms with Crippen molar-refractivity contribution in [2.24, 2.45) is 10.2 Å². The Morgan fingerprint density at radius 2 is 1.74 bits per heavy atom. The normalized spacial score (nSPS) is 11.7. The highest BCUT2D eigenvalue weighted by Gasteiger charge is 2.16. The molecule has 1 heterocycles. The van der Waals surface area contributed by atoms with Gasteiger partial charge >= 0.3 is 5.91 Å². The molecule has 0 fully saturated rings. The second kappa shape index (κ2) is 10.4. The van der Waals surface area contributed by atoms with Crippen LogP contribution in [0.2, 0.25) is 0 Å². The molecule has 3 N–H and O–H groups in total. The highest BCUT2D eigenvalue weighted by molar-refractivity contribution is 9.10. The van der Waals surface area contributed by atoms with Crippen molar-refractivity contribution in [3.63, 3.8) is 0 Å². The molecule has 0 unspecified atom stereocenters. The smallest absolute Gasteiger partial charge is 0.311 e. The van der Waals surface area contributed by atoms with Gasteiger partial charge in [-0.05, 0) is 54.1 Å². The molecule has 9 heteroatoms. The van der Waals surface area contributed by atoms with Crippen molar-refractivity contribution < 1.29 is 14.7 Å². The van der Waals surface area contributed by atoms with E-state index in [1.807, 2.05) is 49.3 Å². The molecule has 8 nitrogen and oxygen atoms in total. The minimum Gasteiger partial charge on any atom is -0.493 e. The molecule has 0 radical (unpaired) electrons. The van der Waals surface area contributed by atoms with E-state index in [4.69, 9.17) is 0 Å². The number of aromatic nitrogens is 1. The number of nitrogens with zero attached hydrogens (tertiary/aromatic N) is 3. The number of carbonyl (C=O) groups is 2. The van der Waals surface area contributed by atoms with Gasteiger partial charge in [-0.2, -0.15) is 0 Å². The van der Waals surface area contributed by atoms with E-state index < -0.39 is 11.8 Å². The van der Waals surface area contributed by atoms with Crippen molar-refractivity contribution in [3.05, 3.63) is 94.1 Å². The minimum atomic E-state index is -0.769. The first kappa shape index (κ1) is 23.9. The number of carbonyl (C=O) groups excluding carboxylic acids is 2. The summed E-state index contributed by atoms with van der Waals surface area (Å²) >= 11 is 3.39. The van der Waals surface area contributed by atoms with E-state index in [9.17, 15) is 14.7 Å². The molecule has 0 spiro atoms. The summed E-state index contributed by atoms with van der Waals surface area (Å²) in [6.45, 7) is 0. The summed E-state index contributed by atoms with van der Waals surface area (Å²) in [5.41, 5.74) is 2.79. The van der Waals surface area contributed by atoms with Crippen LogP contribution < -0.4 is 10.2 Å². The van der Waals surface area contributed by atoms with Gasteiger partial charge in [0.1, 0.15) is 5.70 Å². The summed E-state index contributed by atoms with van der Waals surface area (Å²) in [7, 11) is 3.86. The second-order valence-corrected chi connectivity index (χ2v) is 8.80. The molecule has 3 aromatic carbocycles. The number of H-pyrrole nitrogens is 1. The van der Waals surface area contributed by atoms with Gasteiger partial charge in [-0.1, -0.05) is 46.3 Å². The Labute approximate surface area is 210 Å². The first-order valence-corrected chi connectivity index (χ1v) is 11.4. The van der Waals surface area contributed by atoms with E-state index in [2.05, 4.69) is 36.5 Å². The first-order chi connectivity index (χ1) is 16.8. The van der Waals surface area contributed by atoms with Gasteiger partial charge in [0.2, 0.25) is 5.88 Å². The fourth-order valence-electron chi connectivity index (χ4n) is 3.36. The largest absolute Gasteiger partial charge is 0.493 e. The standard InChI is InChI=1S/C26H22BrN5O3/c1-32(2)19-11-8-16(9-12-19)14-22(29-24(33)17-6-4-3-5-7-17)25(34)31-30-23-20-15-18(27)10-13-21(20)28-26(23)35/h3-15,28,35H,1-2H3,(H,29,33)/b22-14-,31-30?. The van der Waals surface area contributed by atoms with Crippen LogP contribution in [0.5, 0.6) is 5.88 Å². The Kier molecular flexibility index (Phi) is 7.07. The van der Waals surface area contributed by atoms with Crippen LogP contribution in [-0.4, -0.2) is 36.0 Å². The fourth-order valence-corrected chi connectivity index (χ4v) is 3.72. The lowest BCUT2D eigenvalue weighted by Crippen LogP contribution is -2.26. The summed E-state index contributed by atoms with van der Waals surface area (Å²) < 4.78 is 0.781. The van der Waals surface area contributed by atoms with Gasteiger partial charge in [-0.15, -0.1) is 10.2 Å². The van der Waals surface area contributed by atoms with Gasteiger partial charge in [0.15, 0.2) is 5.69 Å². The number of nitrogens with one attached hydrogen (secondary N) is 2. The zero-order chi connectivity index (χ0) is 24.9. The van der Waals surface area contributed by atoms with Crippen LogP contribution in [0, 0.1) is 0 Å². The van der Waals surface area contributed by atoms with E-state index in [1.54, 1.807) is 42.5 Å². The number of halogens is 1. The van der Waals surface area contributed by atoms with Crippen molar-refractivity contribution in [2.75, 3.05) is 19.0 Å². The minimum absolute atomic E-state index is 0.0549. The number of hydrogen-bond donors (Lipinski definition) is 3. The van der Waals surface area contributed by atoms with Crippen molar-refractivity contribution in [1.82, 2.24) is 10.3 Å². The zero-order valence-corrected chi connectivity index (χ0v) is 20.6. The lowest BCUT2D eigenvalue weighted by molar-refractivity contribution is -0.115. The predicted molar refractivity (Wildman–Crippen MR) is 140 cm³/mol. The Morgan fingerprint density at radius 1 is 1.03 bits per heavy atom. The third-order valence-corrected chi connectivity index (χ3v) is 5.68. The topological polar surface area (TPSA) is 110 Å². The average Bonchev–Trinajstić information content (AvgIpc) is 3.16. The summed E-state index contributed by atoms with van der Waals surface area (Å²) in [5, 5.41) is 21.3. The number of benzene rings is 3. The van der Waals surface area contributed by atoms with Gasteiger partial charge in [0.05, 0.1) is 5.52 Å². The van der Waals surface area contributed by atoms with Crippen LogP contribution in [0.15, 0.2) is 93.2 Å². The predicted octanol–water partition coefficient (Wildman–Crippen LogP) is 5.78. The lowest BCUT2D eigenvalue weighted by atomic mass is 10.1. The number of aromatic hydroxyl groups is 1. The number of fused-ring (bicyclic) bond motifs is 1. The van der Waals surface area contributed by atoms with Gasteiger partial charge in [0, 0.05) is 35.2 Å². The molecule has 0 aliphatic rings. The van der Waals surface area contributed by atoms with Crippen LogP contribution in [0.4, 0.5) is 11.4 Å². The van der Waals surface area contributed by atoms with Gasteiger partial charge in [-0.3, -0.25) is 9.59 Å². The van der Waals surface area contributed by atoms with E-state index in [0.29, 0.717) is 22.0 Å². The maximum absolute atomic E-state index is 13.0. The molecular formula is C26H22BrN5O3. The van der Waals surface area contributed by atoms with Crippen LogP contribution >= 0.6 is 15.9 Å². The number of azo groups is 1. The molecule has 35 heavy (non-hydrogen) atoms. The van der Waals surface area contributed by atoms with E-state index in [1.165, 1.54) is 6.08 Å². The van der Waals surface area contributed by atoms with Crippen LogP contribution in [0.1, 0.15) is 15.9 Å². The molecule has 1 aromatic heterocycles. The molecule has 176 valence electrons. The van der Waals surface area contributed by atoms with Gasteiger partial charge in [0.25, 0.3) is 5.91 Å². The van der Waals surface area contributed by atoms with Crippen molar-refractivity contribution in [3.8, 4) is 5.88 Å². The third-order valence-electron chi connectivity index (χ3n) is 5.19. The molecular weight excluding hydrogens is 510 g/mol.